The fourth-order valence-corrected chi connectivity index (χ4v) is 4.63. The van der Waals surface area contributed by atoms with Crippen LogP contribution in [-0.2, 0) is 11.3 Å². The first-order chi connectivity index (χ1) is 15.0. The molecule has 1 aromatic heterocycles. The Morgan fingerprint density at radius 1 is 1.06 bits per heavy atom. The lowest BCUT2D eigenvalue weighted by Gasteiger charge is -2.18. The lowest BCUT2D eigenvalue weighted by molar-refractivity contribution is -0.114. The number of anilines is 1. The van der Waals surface area contributed by atoms with Crippen molar-refractivity contribution in [3.8, 4) is 5.75 Å². The van der Waals surface area contributed by atoms with E-state index >= 15 is 0 Å². The molecule has 0 radical (unpaired) electrons. The molecule has 4 rings (SSSR count). The summed E-state index contributed by atoms with van der Waals surface area (Å²) in [6.07, 6.45) is 3.41. The summed E-state index contributed by atoms with van der Waals surface area (Å²) in [5, 5.41) is 0.702. The molecule has 0 saturated carbocycles. The topological polar surface area (TPSA) is 42.4 Å². The van der Waals surface area contributed by atoms with Gasteiger partial charge in [0.15, 0.2) is 5.13 Å². The molecule has 3 aromatic carbocycles. The molecule has 31 heavy (non-hydrogen) atoms. The SMILES string of the molecule is COc1cccc(C=CC(=O)N(Cc2ccccc2)c2nc3c(C)cc(C)cc3s2)c1. The minimum atomic E-state index is -0.111. The van der Waals surface area contributed by atoms with Gasteiger partial charge in [-0.05, 0) is 60.4 Å². The average molecular weight is 429 g/mol. The predicted molar refractivity (Wildman–Crippen MR) is 129 cm³/mol. The van der Waals surface area contributed by atoms with Crippen molar-refractivity contribution in [2.75, 3.05) is 12.0 Å². The Bertz CT molecular complexity index is 1240. The molecule has 0 aliphatic heterocycles. The molecule has 1 heterocycles. The van der Waals surface area contributed by atoms with Crippen molar-refractivity contribution in [2.45, 2.75) is 20.4 Å². The van der Waals surface area contributed by atoms with E-state index in [9.17, 15) is 4.79 Å². The zero-order valence-electron chi connectivity index (χ0n) is 17.8. The third-order valence-electron chi connectivity index (χ3n) is 5.01. The Kier molecular flexibility index (Phi) is 6.14. The Hall–Kier alpha value is -3.44. The summed E-state index contributed by atoms with van der Waals surface area (Å²) in [5.41, 5.74) is 5.23. The van der Waals surface area contributed by atoms with Crippen LogP contribution in [0.2, 0.25) is 0 Å². The summed E-state index contributed by atoms with van der Waals surface area (Å²) in [7, 11) is 1.63. The van der Waals surface area contributed by atoms with Crippen LogP contribution in [0.15, 0.2) is 72.8 Å². The number of nitrogens with zero attached hydrogens (tertiary/aromatic N) is 2. The van der Waals surface area contributed by atoms with Crippen LogP contribution in [0.5, 0.6) is 5.75 Å². The zero-order valence-corrected chi connectivity index (χ0v) is 18.6. The van der Waals surface area contributed by atoms with Crippen LogP contribution in [0.3, 0.4) is 0 Å². The molecule has 0 atom stereocenters. The van der Waals surface area contributed by atoms with Gasteiger partial charge in [0.25, 0.3) is 5.91 Å². The minimum Gasteiger partial charge on any atom is -0.497 e. The van der Waals surface area contributed by atoms with Crippen molar-refractivity contribution >= 4 is 38.7 Å². The quantitative estimate of drug-likeness (QED) is 0.345. The van der Waals surface area contributed by atoms with Crippen LogP contribution in [0, 0.1) is 13.8 Å². The van der Waals surface area contributed by atoms with E-state index < -0.39 is 0 Å². The molecular formula is C26H24N2O2S. The van der Waals surface area contributed by atoms with E-state index in [1.807, 2.05) is 60.7 Å². The van der Waals surface area contributed by atoms with Crippen LogP contribution in [0.4, 0.5) is 5.13 Å². The highest BCUT2D eigenvalue weighted by molar-refractivity contribution is 7.22. The fraction of sp³-hybridized carbons (Fsp3) is 0.154. The first kappa shape index (κ1) is 20.8. The molecule has 0 fully saturated rings. The lowest BCUT2D eigenvalue weighted by atomic mass is 10.1. The van der Waals surface area contributed by atoms with Crippen molar-refractivity contribution < 1.29 is 9.53 Å². The highest BCUT2D eigenvalue weighted by Crippen LogP contribution is 2.32. The molecule has 4 nitrogen and oxygen atoms in total. The molecule has 0 saturated heterocycles. The molecule has 0 bridgehead atoms. The molecular weight excluding hydrogens is 404 g/mol. The second kappa shape index (κ2) is 9.14. The third-order valence-corrected chi connectivity index (χ3v) is 6.04. The van der Waals surface area contributed by atoms with Gasteiger partial charge in [0.2, 0.25) is 0 Å². The van der Waals surface area contributed by atoms with Gasteiger partial charge in [0.1, 0.15) is 5.75 Å². The van der Waals surface area contributed by atoms with Crippen molar-refractivity contribution in [1.29, 1.82) is 0 Å². The summed E-state index contributed by atoms with van der Waals surface area (Å²) in [6, 6.07) is 21.9. The summed E-state index contributed by atoms with van der Waals surface area (Å²) < 4.78 is 6.37. The smallest absolute Gasteiger partial charge is 0.253 e. The minimum absolute atomic E-state index is 0.111. The normalized spacial score (nSPS) is 11.2. The summed E-state index contributed by atoms with van der Waals surface area (Å²) in [5.74, 6) is 0.646. The lowest BCUT2D eigenvalue weighted by Crippen LogP contribution is -2.28. The van der Waals surface area contributed by atoms with Gasteiger partial charge in [-0.1, -0.05) is 59.9 Å². The Morgan fingerprint density at radius 3 is 2.65 bits per heavy atom. The van der Waals surface area contributed by atoms with Crippen molar-refractivity contribution in [3.63, 3.8) is 0 Å². The van der Waals surface area contributed by atoms with Crippen molar-refractivity contribution in [2.24, 2.45) is 0 Å². The number of methoxy groups -OCH3 is 1. The van der Waals surface area contributed by atoms with Gasteiger partial charge in [0.05, 0.1) is 23.9 Å². The van der Waals surface area contributed by atoms with Gasteiger partial charge in [-0.15, -0.1) is 0 Å². The van der Waals surface area contributed by atoms with E-state index in [4.69, 9.17) is 9.72 Å². The molecule has 0 N–H and O–H groups in total. The van der Waals surface area contributed by atoms with Crippen LogP contribution in [-0.4, -0.2) is 18.0 Å². The maximum absolute atomic E-state index is 13.3. The number of aryl methyl sites for hydroxylation is 2. The Morgan fingerprint density at radius 2 is 1.87 bits per heavy atom. The zero-order chi connectivity index (χ0) is 21.8. The molecule has 156 valence electrons. The second-order valence-electron chi connectivity index (χ2n) is 7.44. The third kappa shape index (κ3) is 4.84. The first-order valence-corrected chi connectivity index (χ1v) is 10.9. The molecule has 5 heteroatoms. The number of rotatable bonds is 6. The number of hydrogen-bond acceptors (Lipinski definition) is 4. The predicted octanol–water partition coefficient (Wildman–Crippen LogP) is 6.17. The molecule has 0 aliphatic carbocycles. The Balaban J connectivity index is 1.69. The highest BCUT2D eigenvalue weighted by Gasteiger charge is 2.19. The van der Waals surface area contributed by atoms with Crippen molar-refractivity contribution in [3.05, 3.63) is 95.1 Å². The number of fused-ring (bicyclic) bond motifs is 1. The number of amides is 1. The van der Waals surface area contributed by atoms with E-state index in [1.165, 1.54) is 5.56 Å². The van der Waals surface area contributed by atoms with Gasteiger partial charge >= 0.3 is 0 Å². The second-order valence-corrected chi connectivity index (χ2v) is 8.45. The van der Waals surface area contributed by atoms with Crippen LogP contribution >= 0.6 is 11.3 Å². The summed E-state index contributed by atoms with van der Waals surface area (Å²) in [6.45, 7) is 4.60. The van der Waals surface area contributed by atoms with E-state index in [0.29, 0.717) is 11.7 Å². The van der Waals surface area contributed by atoms with Gasteiger partial charge in [0, 0.05) is 6.08 Å². The molecule has 0 aliphatic rings. The molecule has 0 spiro atoms. The summed E-state index contributed by atoms with van der Waals surface area (Å²) >= 11 is 1.55. The average Bonchev–Trinajstić information content (AvgIpc) is 3.20. The highest BCUT2D eigenvalue weighted by atomic mass is 32.1. The molecule has 4 aromatic rings. The van der Waals surface area contributed by atoms with Gasteiger partial charge < -0.3 is 4.74 Å². The van der Waals surface area contributed by atoms with Gasteiger partial charge in [-0.25, -0.2) is 4.98 Å². The number of hydrogen-bond donors (Lipinski definition) is 0. The first-order valence-electron chi connectivity index (χ1n) is 10.1. The number of aromatic nitrogens is 1. The monoisotopic (exact) mass is 428 g/mol. The Labute approximate surface area is 186 Å². The van der Waals surface area contributed by atoms with Crippen LogP contribution in [0.1, 0.15) is 22.3 Å². The van der Waals surface area contributed by atoms with Crippen LogP contribution < -0.4 is 9.64 Å². The van der Waals surface area contributed by atoms with E-state index in [1.54, 1.807) is 29.4 Å². The van der Waals surface area contributed by atoms with Gasteiger partial charge in [-0.2, -0.15) is 0 Å². The molecule has 0 unspecified atom stereocenters. The van der Waals surface area contributed by atoms with Gasteiger partial charge in [-0.3, -0.25) is 9.69 Å². The van der Waals surface area contributed by atoms with E-state index in [0.717, 1.165) is 32.7 Å². The van der Waals surface area contributed by atoms with E-state index in [2.05, 4.69) is 26.0 Å². The van der Waals surface area contributed by atoms with Crippen molar-refractivity contribution in [1.82, 2.24) is 4.98 Å². The van der Waals surface area contributed by atoms with E-state index in [-0.39, 0.29) is 5.91 Å². The largest absolute Gasteiger partial charge is 0.497 e. The fourth-order valence-electron chi connectivity index (χ4n) is 3.48. The number of carbonyl (C=O) groups excluding carboxylic acids is 1. The number of benzene rings is 3. The number of thiazole rings is 1. The molecule has 1 amide bonds. The standard InChI is InChI=1S/C26H24N2O2S/c1-18-14-19(2)25-23(15-18)31-26(27-25)28(17-21-8-5-4-6-9-21)24(29)13-12-20-10-7-11-22(16-20)30-3/h4-16H,17H2,1-3H3. The van der Waals surface area contributed by atoms with Crippen LogP contribution in [0.25, 0.3) is 16.3 Å². The maximum Gasteiger partial charge on any atom is 0.253 e. The maximum atomic E-state index is 13.3. The summed E-state index contributed by atoms with van der Waals surface area (Å²) in [4.78, 5) is 19.8. The number of ether oxygens (including phenoxy) is 1. The number of carbonyl (C=O) groups is 1.